The molecule has 1 aromatic carbocycles. The van der Waals surface area contributed by atoms with Gasteiger partial charge in [-0.3, -0.25) is 4.79 Å². The summed E-state index contributed by atoms with van der Waals surface area (Å²) in [6.45, 7) is 2.68. The van der Waals surface area contributed by atoms with Crippen LogP contribution in [0.1, 0.15) is 10.4 Å². The van der Waals surface area contributed by atoms with Crippen molar-refractivity contribution < 1.29 is 4.79 Å². The van der Waals surface area contributed by atoms with E-state index >= 15 is 0 Å². The van der Waals surface area contributed by atoms with Gasteiger partial charge in [0.15, 0.2) is 0 Å². The fraction of sp³-hybridized carbons (Fsp3) is 0.364. The Bertz CT molecular complexity index is 449. The van der Waals surface area contributed by atoms with Gasteiger partial charge in [-0.2, -0.15) is 0 Å². The molecule has 4 nitrogen and oxygen atoms in total. The predicted octanol–water partition coefficient (Wildman–Crippen LogP) is 0.928. The molecule has 1 amide bonds. The summed E-state index contributed by atoms with van der Waals surface area (Å²) in [5, 5.41) is 6.28. The van der Waals surface area contributed by atoms with E-state index in [1.54, 1.807) is 0 Å². The van der Waals surface area contributed by atoms with Crippen molar-refractivity contribution in [3.8, 4) is 0 Å². The lowest BCUT2D eigenvalue weighted by atomic mass is 10.1. The number of nitrogens with zero attached hydrogens (tertiary/aromatic N) is 1. The average molecular weight is 282 g/mol. The maximum atomic E-state index is 11.9. The first-order chi connectivity index (χ1) is 7.75. The molecule has 2 N–H and O–H groups in total. The van der Waals surface area contributed by atoms with Gasteiger partial charge in [-0.1, -0.05) is 15.9 Å². The number of hydrogen-bond acceptors (Lipinski definition) is 3. The molecule has 5 heteroatoms. The third-order valence-corrected chi connectivity index (χ3v) is 3.55. The van der Waals surface area contributed by atoms with Crippen molar-refractivity contribution in [2.24, 2.45) is 0 Å². The molecular weight excluding hydrogens is 270 g/mol. The van der Waals surface area contributed by atoms with Gasteiger partial charge in [-0.25, -0.2) is 0 Å². The summed E-state index contributed by atoms with van der Waals surface area (Å²) < 4.78 is 1.01. The molecule has 0 saturated carbocycles. The number of benzene rings is 1. The molecule has 1 unspecified atom stereocenters. The summed E-state index contributed by atoms with van der Waals surface area (Å²) in [5.74, 6) is 0.0208. The number of anilines is 1. The fourth-order valence-corrected chi connectivity index (χ4v) is 2.63. The second-order valence-corrected chi connectivity index (χ2v) is 4.96. The van der Waals surface area contributed by atoms with Gasteiger partial charge < -0.3 is 15.5 Å². The number of piperazine rings is 1. The molecule has 1 atom stereocenters. The maximum Gasteiger partial charge on any atom is 0.255 e. The number of fused-ring (bicyclic) bond motifs is 3. The van der Waals surface area contributed by atoms with Crippen molar-refractivity contribution in [3.63, 3.8) is 0 Å². The first kappa shape index (κ1) is 10.1. The van der Waals surface area contributed by atoms with Gasteiger partial charge >= 0.3 is 0 Å². The molecule has 0 aromatic heterocycles. The zero-order chi connectivity index (χ0) is 11.1. The van der Waals surface area contributed by atoms with Crippen molar-refractivity contribution in [2.45, 2.75) is 6.17 Å². The molecular formula is C11H12BrN3O. The predicted molar refractivity (Wildman–Crippen MR) is 65.6 cm³/mol. The molecule has 0 bridgehead atoms. The van der Waals surface area contributed by atoms with Crippen molar-refractivity contribution in [1.29, 1.82) is 0 Å². The molecule has 2 heterocycles. The molecule has 16 heavy (non-hydrogen) atoms. The van der Waals surface area contributed by atoms with E-state index in [2.05, 4.69) is 31.5 Å². The minimum atomic E-state index is 0.0208. The molecule has 1 fully saturated rings. The van der Waals surface area contributed by atoms with Gasteiger partial charge in [0.1, 0.15) is 6.17 Å². The van der Waals surface area contributed by atoms with E-state index in [9.17, 15) is 4.79 Å². The van der Waals surface area contributed by atoms with Gasteiger partial charge in [0.25, 0.3) is 5.91 Å². The van der Waals surface area contributed by atoms with Crippen molar-refractivity contribution in [2.75, 3.05) is 24.5 Å². The number of hydrogen-bond donors (Lipinski definition) is 2. The molecule has 0 spiro atoms. The van der Waals surface area contributed by atoms with Crippen LogP contribution in [-0.2, 0) is 0 Å². The van der Waals surface area contributed by atoms with E-state index in [1.807, 2.05) is 18.2 Å². The maximum absolute atomic E-state index is 11.9. The Morgan fingerprint density at radius 2 is 2.31 bits per heavy atom. The van der Waals surface area contributed by atoms with Crippen molar-refractivity contribution >= 4 is 27.5 Å². The largest absolute Gasteiger partial charge is 0.348 e. The summed E-state index contributed by atoms with van der Waals surface area (Å²) in [4.78, 5) is 14.1. The Balaban J connectivity index is 2.09. The number of nitrogens with one attached hydrogen (secondary N) is 2. The number of amides is 1. The summed E-state index contributed by atoms with van der Waals surface area (Å²) in [6, 6.07) is 5.79. The minimum Gasteiger partial charge on any atom is -0.348 e. The van der Waals surface area contributed by atoms with Crippen LogP contribution in [0, 0.1) is 0 Å². The quantitative estimate of drug-likeness (QED) is 0.744. The Hall–Kier alpha value is -1.07. The van der Waals surface area contributed by atoms with Crippen LogP contribution < -0.4 is 15.5 Å². The average Bonchev–Trinajstić information content (AvgIpc) is 2.29. The van der Waals surface area contributed by atoms with Crippen molar-refractivity contribution in [3.05, 3.63) is 28.2 Å². The highest BCUT2D eigenvalue weighted by molar-refractivity contribution is 9.10. The highest BCUT2D eigenvalue weighted by Crippen LogP contribution is 2.29. The van der Waals surface area contributed by atoms with Gasteiger partial charge in [-0.15, -0.1) is 0 Å². The first-order valence-electron chi connectivity index (χ1n) is 5.33. The summed E-state index contributed by atoms with van der Waals surface area (Å²) >= 11 is 3.45. The summed E-state index contributed by atoms with van der Waals surface area (Å²) in [7, 11) is 0. The van der Waals surface area contributed by atoms with Crippen LogP contribution in [0.25, 0.3) is 0 Å². The number of halogens is 1. The molecule has 0 radical (unpaired) electrons. The SMILES string of the molecule is O=C1NC2CNCCN2c2cc(Br)ccc21. The zero-order valence-corrected chi connectivity index (χ0v) is 10.3. The van der Waals surface area contributed by atoms with Crippen LogP contribution in [0.5, 0.6) is 0 Å². The zero-order valence-electron chi connectivity index (χ0n) is 8.66. The second-order valence-electron chi connectivity index (χ2n) is 4.05. The van der Waals surface area contributed by atoms with Crippen LogP contribution in [0.3, 0.4) is 0 Å². The van der Waals surface area contributed by atoms with E-state index in [-0.39, 0.29) is 12.1 Å². The lowest BCUT2D eigenvalue weighted by Crippen LogP contribution is -2.62. The minimum absolute atomic E-state index is 0.0208. The fourth-order valence-electron chi connectivity index (χ4n) is 2.29. The van der Waals surface area contributed by atoms with E-state index in [1.165, 1.54) is 0 Å². The van der Waals surface area contributed by atoms with Gasteiger partial charge in [-0.05, 0) is 18.2 Å². The standard InChI is InChI=1S/C11H12BrN3O/c12-7-1-2-8-9(5-7)15-4-3-13-6-10(15)14-11(8)16/h1-2,5,10,13H,3-4,6H2,(H,14,16). The van der Waals surface area contributed by atoms with Crippen LogP contribution in [0.2, 0.25) is 0 Å². The van der Waals surface area contributed by atoms with Gasteiger partial charge in [0.05, 0.1) is 11.3 Å². The first-order valence-corrected chi connectivity index (χ1v) is 6.13. The number of carbonyl (C=O) groups is 1. The van der Waals surface area contributed by atoms with Crippen LogP contribution in [-0.4, -0.2) is 31.7 Å². The Morgan fingerprint density at radius 3 is 3.19 bits per heavy atom. The van der Waals surface area contributed by atoms with Crippen molar-refractivity contribution in [1.82, 2.24) is 10.6 Å². The smallest absolute Gasteiger partial charge is 0.255 e. The van der Waals surface area contributed by atoms with Gasteiger partial charge in [0.2, 0.25) is 0 Å². The third kappa shape index (κ3) is 1.51. The summed E-state index contributed by atoms with van der Waals surface area (Å²) in [6.07, 6.45) is 0.0862. The Labute approximate surface area is 102 Å². The second kappa shape index (κ2) is 3.75. The van der Waals surface area contributed by atoms with E-state index in [4.69, 9.17) is 0 Å². The van der Waals surface area contributed by atoms with Crippen LogP contribution in [0.4, 0.5) is 5.69 Å². The topological polar surface area (TPSA) is 44.4 Å². The highest BCUT2D eigenvalue weighted by Gasteiger charge is 2.32. The molecule has 2 aliphatic rings. The van der Waals surface area contributed by atoms with Gasteiger partial charge in [0, 0.05) is 24.1 Å². The molecule has 1 saturated heterocycles. The van der Waals surface area contributed by atoms with Crippen LogP contribution >= 0.6 is 15.9 Å². The normalized spacial score (nSPS) is 23.4. The lowest BCUT2D eigenvalue weighted by Gasteiger charge is -2.42. The third-order valence-electron chi connectivity index (χ3n) is 3.05. The molecule has 84 valence electrons. The molecule has 1 aromatic rings. The molecule has 3 rings (SSSR count). The van der Waals surface area contributed by atoms with E-state index in [0.29, 0.717) is 0 Å². The number of rotatable bonds is 0. The molecule has 2 aliphatic heterocycles. The Morgan fingerprint density at radius 1 is 1.44 bits per heavy atom. The summed E-state index contributed by atoms with van der Waals surface area (Å²) in [5.41, 5.74) is 1.80. The Kier molecular flexibility index (Phi) is 2.37. The monoisotopic (exact) mass is 281 g/mol. The lowest BCUT2D eigenvalue weighted by molar-refractivity contribution is 0.0923. The van der Waals surface area contributed by atoms with E-state index < -0.39 is 0 Å². The molecule has 0 aliphatic carbocycles. The van der Waals surface area contributed by atoms with E-state index in [0.717, 1.165) is 35.4 Å². The van der Waals surface area contributed by atoms with Crippen LogP contribution in [0.15, 0.2) is 22.7 Å². The highest BCUT2D eigenvalue weighted by atomic mass is 79.9. The number of carbonyl (C=O) groups excluding carboxylic acids is 1.